The molecular weight excluding hydrogens is 370 g/mol. The van der Waals surface area contributed by atoms with Crippen molar-refractivity contribution in [3.05, 3.63) is 65.2 Å². The van der Waals surface area contributed by atoms with Gasteiger partial charge >= 0.3 is 0 Å². The number of hydrogen-bond donors (Lipinski definition) is 0. The van der Waals surface area contributed by atoms with E-state index in [4.69, 9.17) is 11.6 Å². The van der Waals surface area contributed by atoms with Crippen LogP contribution in [0.5, 0.6) is 0 Å². The molecule has 4 nitrogen and oxygen atoms in total. The van der Waals surface area contributed by atoms with Crippen molar-refractivity contribution in [2.24, 2.45) is 5.92 Å². The fraction of sp³-hybridized carbons (Fsp3) is 0.435. The summed E-state index contributed by atoms with van der Waals surface area (Å²) in [6.07, 6.45) is 2.07. The van der Waals surface area contributed by atoms with Gasteiger partial charge in [-0.25, -0.2) is 0 Å². The van der Waals surface area contributed by atoms with E-state index in [0.717, 1.165) is 69.2 Å². The molecule has 2 aliphatic heterocycles. The third-order valence-corrected chi connectivity index (χ3v) is 6.29. The van der Waals surface area contributed by atoms with E-state index in [2.05, 4.69) is 45.0 Å². The molecule has 0 bridgehead atoms. The highest BCUT2D eigenvalue weighted by Gasteiger charge is 2.31. The second-order valence-electron chi connectivity index (χ2n) is 7.81. The molecule has 0 aromatic heterocycles. The summed E-state index contributed by atoms with van der Waals surface area (Å²) < 4.78 is 0. The normalized spacial score (nSPS) is 21.0. The van der Waals surface area contributed by atoms with E-state index in [1.54, 1.807) is 0 Å². The molecule has 4 rings (SSSR count). The Morgan fingerprint density at radius 2 is 1.64 bits per heavy atom. The lowest BCUT2D eigenvalue weighted by Gasteiger charge is -2.39. The summed E-state index contributed by atoms with van der Waals surface area (Å²) in [6.45, 7) is 6.14. The van der Waals surface area contributed by atoms with Gasteiger partial charge in [-0.05, 0) is 43.1 Å². The first-order valence-electron chi connectivity index (χ1n) is 10.3. The number of carbonyl (C=O) groups excluding carboxylic acids is 1. The summed E-state index contributed by atoms with van der Waals surface area (Å²) in [5.41, 5.74) is 2.40. The lowest BCUT2D eigenvalue weighted by atomic mass is 9.95. The van der Waals surface area contributed by atoms with Crippen molar-refractivity contribution in [3.8, 4) is 0 Å². The maximum Gasteiger partial charge on any atom is 0.227 e. The van der Waals surface area contributed by atoms with Crippen LogP contribution in [0.4, 0.5) is 5.69 Å². The van der Waals surface area contributed by atoms with Crippen molar-refractivity contribution in [3.63, 3.8) is 0 Å². The summed E-state index contributed by atoms with van der Waals surface area (Å²) in [6, 6.07) is 18.5. The number of nitrogens with zero attached hydrogens (tertiary/aromatic N) is 3. The minimum atomic E-state index is 0.111. The van der Waals surface area contributed by atoms with Crippen molar-refractivity contribution in [2.45, 2.75) is 19.4 Å². The number of benzene rings is 2. The molecule has 0 aliphatic carbocycles. The highest BCUT2D eigenvalue weighted by Crippen LogP contribution is 2.24. The Balaban J connectivity index is 1.32. The molecule has 1 amide bonds. The molecule has 1 atom stereocenters. The molecule has 2 aromatic carbocycles. The molecule has 2 saturated heterocycles. The number of para-hydroxylation sites is 1. The van der Waals surface area contributed by atoms with Gasteiger partial charge < -0.3 is 9.80 Å². The third kappa shape index (κ3) is 4.50. The summed E-state index contributed by atoms with van der Waals surface area (Å²) in [5.74, 6) is 0.441. The monoisotopic (exact) mass is 397 g/mol. The number of rotatable bonds is 4. The van der Waals surface area contributed by atoms with Crippen LogP contribution < -0.4 is 4.90 Å². The SMILES string of the molecule is O=C([C@H]1CCCN(Cc2ccccc2Cl)C1)N1CCN(c2ccccc2)CC1. The number of likely N-dealkylation sites (tertiary alicyclic amines) is 1. The number of amides is 1. The molecule has 2 heterocycles. The zero-order chi connectivity index (χ0) is 19.3. The van der Waals surface area contributed by atoms with Crippen LogP contribution in [-0.4, -0.2) is 55.0 Å². The van der Waals surface area contributed by atoms with E-state index in [9.17, 15) is 4.79 Å². The molecule has 0 radical (unpaired) electrons. The van der Waals surface area contributed by atoms with Gasteiger partial charge in [0.1, 0.15) is 0 Å². The van der Waals surface area contributed by atoms with Crippen LogP contribution in [-0.2, 0) is 11.3 Å². The Morgan fingerprint density at radius 1 is 0.929 bits per heavy atom. The second-order valence-corrected chi connectivity index (χ2v) is 8.22. The maximum absolute atomic E-state index is 13.1. The van der Waals surface area contributed by atoms with E-state index in [1.165, 1.54) is 5.69 Å². The molecule has 0 N–H and O–H groups in total. The van der Waals surface area contributed by atoms with Crippen LogP contribution in [0.2, 0.25) is 5.02 Å². The topological polar surface area (TPSA) is 26.8 Å². The van der Waals surface area contributed by atoms with Crippen molar-refractivity contribution >= 4 is 23.2 Å². The predicted octanol–water partition coefficient (Wildman–Crippen LogP) is 3.90. The quantitative estimate of drug-likeness (QED) is 0.782. The summed E-state index contributed by atoms with van der Waals surface area (Å²) in [7, 11) is 0. The van der Waals surface area contributed by atoms with Gasteiger partial charge in [-0.1, -0.05) is 48.0 Å². The van der Waals surface area contributed by atoms with Gasteiger partial charge in [0.25, 0.3) is 0 Å². The summed E-state index contributed by atoms with van der Waals surface area (Å²) in [5, 5.41) is 0.813. The number of anilines is 1. The molecular formula is C23H28ClN3O. The summed E-state index contributed by atoms with van der Waals surface area (Å²) >= 11 is 6.32. The number of halogens is 1. The van der Waals surface area contributed by atoms with Crippen LogP contribution in [0.25, 0.3) is 0 Å². The van der Waals surface area contributed by atoms with E-state index in [1.807, 2.05) is 24.3 Å². The highest BCUT2D eigenvalue weighted by atomic mass is 35.5. The largest absolute Gasteiger partial charge is 0.368 e. The average Bonchev–Trinajstić information content (AvgIpc) is 2.76. The number of piperidine rings is 1. The number of piperazine rings is 1. The van der Waals surface area contributed by atoms with E-state index in [0.29, 0.717) is 5.91 Å². The fourth-order valence-electron chi connectivity index (χ4n) is 4.35. The van der Waals surface area contributed by atoms with Crippen molar-refractivity contribution in [1.29, 1.82) is 0 Å². The van der Waals surface area contributed by atoms with Crippen molar-refractivity contribution < 1.29 is 4.79 Å². The van der Waals surface area contributed by atoms with Gasteiger partial charge in [-0.3, -0.25) is 9.69 Å². The molecule has 148 valence electrons. The van der Waals surface area contributed by atoms with Crippen LogP contribution in [0.15, 0.2) is 54.6 Å². The predicted molar refractivity (Wildman–Crippen MR) is 115 cm³/mol. The Labute approximate surface area is 172 Å². The van der Waals surface area contributed by atoms with Crippen molar-refractivity contribution in [2.75, 3.05) is 44.2 Å². The van der Waals surface area contributed by atoms with E-state index >= 15 is 0 Å². The van der Waals surface area contributed by atoms with Gasteiger partial charge in [0.2, 0.25) is 5.91 Å². The van der Waals surface area contributed by atoms with E-state index < -0.39 is 0 Å². The lowest BCUT2D eigenvalue weighted by Crippen LogP contribution is -2.52. The van der Waals surface area contributed by atoms with Gasteiger partial charge in [-0.15, -0.1) is 0 Å². The Morgan fingerprint density at radius 3 is 2.39 bits per heavy atom. The van der Waals surface area contributed by atoms with Crippen LogP contribution in [0.1, 0.15) is 18.4 Å². The van der Waals surface area contributed by atoms with Crippen LogP contribution >= 0.6 is 11.6 Å². The summed E-state index contributed by atoms with van der Waals surface area (Å²) in [4.78, 5) is 19.9. The zero-order valence-electron chi connectivity index (χ0n) is 16.3. The first-order chi connectivity index (χ1) is 13.7. The molecule has 2 fully saturated rings. The standard InChI is InChI=1S/C23H28ClN3O/c24-22-11-5-4-7-19(22)17-25-12-6-8-20(18-25)23(28)27-15-13-26(14-16-27)21-9-2-1-3-10-21/h1-5,7,9-11,20H,6,8,12-18H2/t20-/m0/s1. The van der Waals surface area contributed by atoms with Gasteiger partial charge in [0, 0.05) is 50.0 Å². The average molecular weight is 398 g/mol. The minimum absolute atomic E-state index is 0.111. The first-order valence-corrected chi connectivity index (χ1v) is 10.6. The first kappa shape index (κ1) is 19.3. The van der Waals surface area contributed by atoms with Crippen LogP contribution in [0.3, 0.4) is 0 Å². The van der Waals surface area contributed by atoms with Crippen molar-refractivity contribution in [1.82, 2.24) is 9.80 Å². The molecule has 0 unspecified atom stereocenters. The van der Waals surface area contributed by atoms with E-state index in [-0.39, 0.29) is 5.92 Å². The van der Waals surface area contributed by atoms with Crippen LogP contribution in [0, 0.1) is 5.92 Å². The number of carbonyl (C=O) groups is 1. The molecule has 0 spiro atoms. The molecule has 28 heavy (non-hydrogen) atoms. The molecule has 2 aromatic rings. The highest BCUT2D eigenvalue weighted by molar-refractivity contribution is 6.31. The number of hydrogen-bond acceptors (Lipinski definition) is 3. The Bertz CT molecular complexity index is 789. The Kier molecular flexibility index (Phi) is 6.18. The Hall–Kier alpha value is -2.04. The van der Waals surface area contributed by atoms with Gasteiger partial charge in [-0.2, -0.15) is 0 Å². The fourth-order valence-corrected chi connectivity index (χ4v) is 4.55. The maximum atomic E-state index is 13.1. The molecule has 0 saturated carbocycles. The second kappa shape index (κ2) is 8.97. The lowest BCUT2D eigenvalue weighted by molar-refractivity contribution is -0.137. The molecule has 2 aliphatic rings. The van der Waals surface area contributed by atoms with Gasteiger partial charge in [0.15, 0.2) is 0 Å². The smallest absolute Gasteiger partial charge is 0.227 e. The molecule has 5 heteroatoms. The third-order valence-electron chi connectivity index (χ3n) is 5.92. The van der Waals surface area contributed by atoms with Gasteiger partial charge in [0.05, 0.1) is 5.92 Å². The zero-order valence-corrected chi connectivity index (χ0v) is 17.0. The minimum Gasteiger partial charge on any atom is -0.368 e.